The van der Waals surface area contributed by atoms with E-state index in [4.69, 9.17) is 16.3 Å². The third-order valence-electron chi connectivity index (χ3n) is 1.79. The van der Waals surface area contributed by atoms with E-state index in [0.717, 1.165) is 0 Å². The largest absolute Gasteiger partial charge is 0.487 e. The van der Waals surface area contributed by atoms with Crippen LogP contribution >= 0.6 is 11.6 Å². The summed E-state index contributed by atoms with van der Waals surface area (Å²) in [7, 11) is 1.75. The van der Waals surface area contributed by atoms with E-state index in [-0.39, 0.29) is 0 Å². The fourth-order valence-electron chi connectivity index (χ4n) is 1.18. The SMILES string of the molecule is CNCc1c(Cl)cccc1OCC(F)F. The monoisotopic (exact) mass is 235 g/mol. The molecule has 2 nitrogen and oxygen atoms in total. The second kappa shape index (κ2) is 5.88. The summed E-state index contributed by atoms with van der Waals surface area (Å²) in [5.74, 6) is 0.400. The van der Waals surface area contributed by atoms with E-state index in [9.17, 15) is 8.78 Å². The van der Waals surface area contributed by atoms with Gasteiger partial charge in [-0.1, -0.05) is 17.7 Å². The first kappa shape index (κ1) is 12.2. The van der Waals surface area contributed by atoms with E-state index in [2.05, 4.69) is 5.32 Å². The summed E-state index contributed by atoms with van der Waals surface area (Å²) < 4.78 is 28.9. The lowest BCUT2D eigenvalue weighted by Gasteiger charge is -2.12. The van der Waals surface area contributed by atoms with Crippen LogP contribution in [0, 0.1) is 0 Å². The number of hydrogen-bond donors (Lipinski definition) is 1. The maximum absolute atomic E-state index is 12.0. The van der Waals surface area contributed by atoms with E-state index in [1.54, 1.807) is 25.2 Å². The van der Waals surface area contributed by atoms with Gasteiger partial charge < -0.3 is 10.1 Å². The van der Waals surface area contributed by atoms with Crippen molar-refractivity contribution < 1.29 is 13.5 Å². The van der Waals surface area contributed by atoms with Gasteiger partial charge in [-0.15, -0.1) is 0 Å². The van der Waals surface area contributed by atoms with Crippen LogP contribution in [-0.4, -0.2) is 20.1 Å². The van der Waals surface area contributed by atoms with Crippen molar-refractivity contribution in [3.63, 3.8) is 0 Å². The van der Waals surface area contributed by atoms with E-state index in [0.29, 0.717) is 22.9 Å². The van der Waals surface area contributed by atoms with Crippen molar-refractivity contribution in [2.45, 2.75) is 13.0 Å². The van der Waals surface area contributed by atoms with Crippen molar-refractivity contribution in [2.24, 2.45) is 0 Å². The maximum atomic E-state index is 12.0. The molecule has 1 N–H and O–H groups in total. The average Bonchev–Trinajstić information content (AvgIpc) is 2.19. The van der Waals surface area contributed by atoms with Gasteiger partial charge in [0.05, 0.1) is 0 Å². The Balaban J connectivity index is 2.80. The lowest BCUT2D eigenvalue weighted by Crippen LogP contribution is -2.11. The molecule has 84 valence electrons. The molecule has 0 saturated carbocycles. The van der Waals surface area contributed by atoms with Crippen LogP contribution in [0.3, 0.4) is 0 Å². The maximum Gasteiger partial charge on any atom is 0.272 e. The molecule has 5 heteroatoms. The highest BCUT2D eigenvalue weighted by atomic mass is 35.5. The van der Waals surface area contributed by atoms with Gasteiger partial charge in [-0.05, 0) is 19.2 Å². The van der Waals surface area contributed by atoms with Gasteiger partial charge in [0.2, 0.25) is 0 Å². The van der Waals surface area contributed by atoms with Gasteiger partial charge in [0.1, 0.15) is 12.4 Å². The van der Waals surface area contributed by atoms with Crippen molar-refractivity contribution >= 4 is 11.6 Å². The molecule has 1 aromatic carbocycles. The quantitative estimate of drug-likeness (QED) is 0.847. The molecule has 0 aromatic heterocycles. The first-order valence-corrected chi connectivity index (χ1v) is 4.86. The minimum Gasteiger partial charge on any atom is -0.487 e. The fourth-order valence-corrected chi connectivity index (χ4v) is 1.41. The highest BCUT2D eigenvalue weighted by molar-refractivity contribution is 6.31. The smallest absolute Gasteiger partial charge is 0.272 e. The van der Waals surface area contributed by atoms with Crippen LogP contribution in [0.1, 0.15) is 5.56 Å². The molecular weight excluding hydrogens is 224 g/mol. The first-order valence-electron chi connectivity index (χ1n) is 4.48. The Morgan fingerprint density at radius 1 is 1.47 bits per heavy atom. The zero-order valence-corrected chi connectivity index (χ0v) is 9.02. The summed E-state index contributed by atoms with van der Waals surface area (Å²) in [6.07, 6.45) is -2.48. The molecule has 0 aliphatic carbocycles. The minimum atomic E-state index is -2.48. The highest BCUT2D eigenvalue weighted by Gasteiger charge is 2.09. The standard InChI is InChI=1S/C10H12ClF2NO/c1-14-5-7-8(11)3-2-4-9(7)15-6-10(12)13/h2-4,10,14H,5-6H2,1H3. The zero-order chi connectivity index (χ0) is 11.3. The van der Waals surface area contributed by atoms with Crippen molar-refractivity contribution in [1.82, 2.24) is 5.32 Å². The Labute approximate surface area is 92.2 Å². The molecule has 0 radical (unpaired) electrons. The number of hydrogen-bond acceptors (Lipinski definition) is 2. The molecular formula is C10H12ClF2NO. The summed E-state index contributed by atoms with van der Waals surface area (Å²) in [5, 5.41) is 3.41. The molecule has 0 bridgehead atoms. The third kappa shape index (κ3) is 3.64. The zero-order valence-electron chi connectivity index (χ0n) is 8.27. The molecule has 0 heterocycles. The number of benzene rings is 1. The summed E-state index contributed by atoms with van der Waals surface area (Å²) in [5.41, 5.74) is 0.697. The van der Waals surface area contributed by atoms with Crippen molar-refractivity contribution in [1.29, 1.82) is 0 Å². The minimum absolute atomic E-state index is 0.400. The second-order valence-corrected chi connectivity index (χ2v) is 3.36. The average molecular weight is 236 g/mol. The van der Waals surface area contributed by atoms with E-state index >= 15 is 0 Å². The summed E-state index contributed by atoms with van der Waals surface area (Å²) in [6, 6.07) is 4.99. The molecule has 0 fully saturated rings. The molecule has 15 heavy (non-hydrogen) atoms. The molecule has 0 saturated heterocycles. The summed E-state index contributed by atoms with van der Waals surface area (Å²) in [6.45, 7) is -0.130. The van der Waals surface area contributed by atoms with Gasteiger partial charge in [-0.25, -0.2) is 8.78 Å². The molecule has 0 aliphatic rings. The predicted octanol–water partition coefficient (Wildman–Crippen LogP) is 2.70. The Morgan fingerprint density at radius 3 is 2.80 bits per heavy atom. The van der Waals surface area contributed by atoms with Gasteiger partial charge >= 0.3 is 0 Å². The lowest BCUT2D eigenvalue weighted by atomic mass is 10.2. The van der Waals surface area contributed by atoms with Crippen molar-refractivity contribution in [3.05, 3.63) is 28.8 Å². The Morgan fingerprint density at radius 2 is 2.20 bits per heavy atom. The van der Waals surface area contributed by atoms with Crippen LogP contribution in [0.25, 0.3) is 0 Å². The van der Waals surface area contributed by atoms with Crippen LogP contribution in [0.2, 0.25) is 5.02 Å². The van der Waals surface area contributed by atoms with Gasteiger partial charge in [0, 0.05) is 17.1 Å². The molecule has 1 rings (SSSR count). The molecule has 1 aromatic rings. The van der Waals surface area contributed by atoms with Gasteiger partial charge in [0.15, 0.2) is 0 Å². The number of alkyl halides is 2. The highest BCUT2D eigenvalue weighted by Crippen LogP contribution is 2.26. The topological polar surface area (TPSA) is 21.3 Å². The normalized spacial score (nSPS) is 10.7. The van der Waals surface area contributed by atoms with E-state index in [1.807, 2.05) is 0 Å². The molecule has 0 atom stereocenters. The number of ether oxygens (including phenoxy) is 1. The van der Waals surface area contributed by atoms with Crippen molar-refractivity contribution in [3.8, 4) is 5.75 Å². The molecule has 0 spiro atoms. The van der Waals surface area contributed by atoms with Crippen LogP contribution < -0.4 is 10.1 Å². The van der Waals surface area contributed by atoms with Gasteiger partial charge in [0.25, 0.3) is 6.43 Å². The Hall–Kier alpha value is -0.870. The second-order valence-electron chi connectivity index (χ2n) is 2.95. The van der Waals surface area contributed by atoms with E-state index in [1.165, 1.54) is 0 Å². The Bertz CT molecular complexity index is 320. The van der Waals surface area contributed by atoms with Crippen LogP contribution in [0.5, 0.6) is 5.75 Å². The Kier molecular flexibility index (Phi) is 4.78. The number of rotatable bonds is 5. The first-order chi connectivity index (χ1) is 7.15. The molecule has 0 unspecified atom stereocenters. The third-order valence-corrected chi connectivity index (χ3v) is 2.15. The fraction of sp³-hybridized carbons (Fsp3) is 0.400. The summed E-state index contributed by atoms with van der Waals surface area (Å²) >= 11 is 5.92. The van der Waals surface area contributed by atoms with Crippen LogP contribution in [0.4, 0.5) is 8.78 Å². The van der Waals surface area contributed by atoms with Crippen LogP contribution in [-0.2, 0) is 6.54 Å². The van der Waals surface area contributed by atoms with Gasteiger partial charge in [-0.3, -0.25) is 0 Å². The van der Waals surface area contributed by atoms with Crippen molar-refractivity contribution in [2.75, 3.05) is 13.7 Å². The number of halogens is 3. The van der Waals surface area contributed by atoms with Gasteiger partial charge in [-0.2, -0.15) is 0 Å². The van der Waals surface area contributed by atoms with Crippen LogP contribution in [0.15, 0.2) is 18.2 Å². The predicted molar refractivity (Wildman–Crippen MR) is 55.7 cm³/mol. The lowest BCUT2D eigenvalue weighted by molar-refractivity contribution is 0.0814. The molecule has 0 aliphatic heterocycles. The molecule has 0 amide bonds. The summed E-state index contributed by atoms with van der Waals surface area (Å²) in [4.78, 5) is 0. The number of nitrogens with one attached hydrogen (secondary N) is 1. The van der Waals surface area contributed by atoms with E-state index < -0.39 is 13.0 Å².